The van der Waals surface area contributed by atoms with Crippen molar-refractivity contribution in [2.24, 2.45) is 28.4 Å². The summed E-state index contributed by atoms with van der Waals surface area (Å²) in [6.07, 6.45) is -11.1. The Hall–Kier alpha value is -5.57. The van der Waals surface area contributed by atoms with E-state index in [1.165, 1.54) is 39.8 Å². The lowest BCUT2D eigenvalue weighted by Crippen LogP contribution is -2.81. The summed E-state index contributed by atoms with van der Waals surface area (Å²) < 4.78 is 71.2. The van der Waals surface area contributed by atoms with Crippen molar-refractivity contribution in [2.75, 3.05) is 26.1 Å². The molecule has 0 aromatic heterocycles. The molecule has 1 aromatic carbocycles. The molecule has 2 bridgehead atoms. The van der Waals surface area contributed by atoms with Gasteiger partial charge in [-0.2, -0.15) is 8.42 Å². The van der Waals surface area contributed by atoms with E-state index in [4.69, 9.17) is 48.2 Å². The minimum absolute atomic E-state index is 0.00284. The van der Waals surface area contributed by atoms with Crippen LogP contribution in [0, 0.1) is 22.7 Å². The van der Waals surface area contributed by atoms with Crippen LogP contribution in [0.1, 0.15) is 105 Å². The standard InChI is InChI=1S/C48H64N2O19.CH4O3S/c1-10-62-41(58)27(49)18-31(53)63-21-32(54)66-36(34(25-16-17-25)50-43(60)69-44(4,5)6)42(59)65-28-20-48(61)39(67-40(57)26-14-12-11-13-15-26)37-46(9,38(56)35(55)33(23(28)2)45(48,7)8)29(52)19-30-47(37,22-64-30)68-24(3)51;1-5(2,3)4/h11-15,25,27-30,34-37,39,52,55,61H,10,16-22,49H2,1-9H3,(H,50,60);1H3,(H,2,3,4)/t27-,28-,29-,30+,34?,35+,36?,37-,39-,46+,47-,48+;/m0./s1. The Bertz CT molecular complexity index is 2480. The van der Waals surface area contributed by atoms with Crippen LogP contribution in [0.3, 0.4) is 0 Å². The topological polar surface area (TPSA) is 364 Å². The van der Waals surface area contributed by atoms with Crippen LogP contribution in [0.25, 0.3) is 0 Å². The molecular weight excluding hydrogens is 1000 g/mol. The van der Waals surface area contributed by atoms with Gasteiger partial charge in [-0.3, -0.25) is 23.7 Å². The maximum absolute atomic E-state index is 15.1. The van der Waals surface area contributed by atoms with Crippen molar-refractivity contribution in [3.05, 3.63) is 47.0 Å². The van der Waals surface area contributed by atoms with Gasteiger partial charge in [0.05, 0.1) is 54.9 Å². The number of fused-ring (bicyclic) bond motifs is 5. The number of hydrogen-bond acceptors (Lipinski definition) is 22. The van der Waals surface area contributed by atoms with Gasteiger partial charge in [-0.05, 0) is 83.6 Å². The van der Waals surface area contributed by atoms with E-state index in [-0.39, 0.29) is 36.3 Å². The number of alkyl carbamates (subject to hydrolysis) is 1. The molecule has 6 rings (SSSR count). The third kappa shape index (κ3) is 12.7. The molecule has 1 aliphatic heterocycles. The Kier molecular flexibility index (Phi) is 17.9. The maximum Gasteiger partial charge on any atom is 0.408 e. The lowest BCUT2D eigenvalue weighted by atomic mass is 9.44. The number of aliphatic hydroxyl groups excluding tert-OH is 2. The summed E-state index contributed by atoms with van der Waals surface area (Å²) in [6.45, 7) is 11.8. The first-order valence-electron chi connectivity index (χ1n) is 23.9. The molecule has 4 aliphatic carbocycles. The molecule has 2 unspecified atom stereocenters. The summed E-state index contributed by atoms with van der Waals surface area (Å²) in [6, 6.07) is 4.98. The SMILES string of the molecule is CCOC(=O)[C@@H](N)CC(=O)OCC(=O)OC(C(=O)O[C@H]1C[C@@]2(O)[C@@H](OC(=O)c3ccccc3)[C@@H]3[C@]4(OC(C)=O)CO[C@@H]4C[C@H](O)[C@@]3(C)C(=O)[C@H](O)C(=C1C)C2(C)C)C(NC(=O)OC(C)(C)C)C1CC1.CS(=O)(=O)O. The van der Waals surface area contributed by atoms with E-state index in [9.17, 15) is 57.3 Å². The Morgan fingerprint density at radius 2 is 1.57 bits per heavy atom. The number of nitrogens with two attached hydrogens (primary N) is 1. The van der Waals surface area contributed by atoms with E-state index in [2.05, 4.69) is 5.32 Å². The number of benzene rings is 1. The van der Waals surface area contributed by atoms with Gasteiger partial charge in [0, 0.05) is 25.2 Å². The number of Topliss-reactive ketones (excluding diaryl/α,β-unsaturated/α-hetero) is 1. The normalized spacial score (nSPS) is 30.2. The zero-order valence-corrected chi connectivity index (χ0v) is 43.8. The van der Waals surface area contributed by atoms with E-state index in [1.807, 2.05) is 0 Å². The van der Waals surface area contributed by atoms with Crippen molar-refractivity contribution >= 4 is 57.8 Å². The van der Waals surface area contributed by atoms with E-state index >= 15 is 4.79 Å². The molecule has 0 spiro atoms. The zero-order chi connectivity index (χ0) is 55.7. The molecule has 25 heteroatoms. The van der Waals surface area contributed by atoms with Gasteiger partial charge in [0.25, 0.3) is 10.1 Å². The zero-order valence-electron chi connectivity index (χ0n) is 42.9. The maximum atomic E-state index is 15.1. The molecule has 412 valence electrons. The van der Waals surface area contributed by atoms with Gasteiger partial charge >= 0.3 is 41.9 Å². The largest absolute Gasteiger partial charge is 0.465 e. The second-order valence-electron chi connectivity index (χ2n) is 21.0. The second kappa shape index (κ2) is 22.3. The number of amides is 1. The van der Waals surface area contributed by atoms with Crippen LogP contribution in [0.4, 0.5) is 4.79 Å². The van der Waals surface area contributed by atoms with Crippen molar-refractivity contribution in [3.8, 4) is 0 Å². The summed E-state index contributed by atoms with van der Waals surface area (Å²) in [5.74, 6) is -9.39. The molecule has 4 fully saturated rings. The number of ketones is 1. The summed E-state index contributed by atoms with van der Waals surface area (Å²) in [7, 11) is -3.67. The highest BCUT2D eigenvalue weighted by molar-refractivity contribution is 7.85. The monoisotopic (exact) mass is 1070 g/mol. The molecule has 7 N–H and O–H groups in total. The number of aliphatic hydroxyl groups is 3. The lowest BCUT2D eigenvalue weighted by Gasteiger charge is -2.67. The first-order chi connectivity index (χ1) is 34.1. The fraction of sp³-hybridized carbons (Fsp3) is 0.673. The first-order valence-corrected chi connectivity index (χ1v) is 25.8. The summed E-state index contributed by atoms with van der Waals surface area (Å²) in [5, 5.41) is 40.5. The number of carbonyl (C=O) groups is 8. The summed E-state index contributed by atoms with van der Waals surface area (Å²) >= 11 is 0. The molecule has 12 atom stereocenters. The van der Waals surface area contributed by atoms with Gasteiger partial charge < -0.3 is 64.3 Å². The fourth-order valence-corrected chi connectivity index (χ4v) is 10.5. The Morgan fingerprint density at radius 3 is 2.09 bits per heavy atom. The molecular formula is C49H68N2O22S. The number of esters is 6. The van der Waals surface area contributed by atoms with Crippen LogP contribution in [0.5, 0.6) is 0 Å². The number of ether oxygens (including phenoxy) is 8. The van der Waals surface area contributed by atoms with E-state index in [1.54, 1.807) is 45.9 Å². The third-order valence-electron chi connectivity index (χ3n) is 14.1. The van der Waals surface area contributed by atoms with Crippen LogP contribution in [-0.2, 0) is 76.8 Å². The van der Waals surface area contributed by atoms with Crippen LogP contribution in [0.2, 0.25) is 0 Å². The van der Waals surface area contributed by atoms with E-state index in [0.717, 1.165) is 6.92 Å². The van der Waals surface area contributed by atoms with Crippen molar-refractivity contribution in [1.82, 2.24) is 5.32 Å². The highest BCUT2D eigenvalue weighted by Crippen LogP contribution is 2.64. The minimum atomic E-state index is -3.67. The predicted molar refractivity (Wildman–Crippen MR) is 252 cm³/mol. The van der Waals surface area contributed by atoms with Crippen molar-refractivity contribution < 1.29 is 105 Å². The van der Waals surface area contributed by atoms with Gasteiger partial charge in [0.1, 0.15) is 41.7 Å². The molecule has 1 aromatic rings. The van der Waals surface area contributed by atoms with Crippen LogP contribution in [0.15, 0.2) is 41.5 Å². The number of nitrogens with one attached hydrogen (secondary N) is 1. The van der Waals surface area contributed by atoms with Gasteiger partial charge in [-0.25, -0.2) is 19.2 Å². The van der Waals surface area contributed by atoms with Crippen molar-refractivity contribution in [1.29, 1.82) is 0 Å². The molecule has 1 saturated heterocycles. The molecule has 1 heterocycles. The summed E-state index contributed by atoms with van der Waals surface area (Å²) in [5.41, 5.74) is -3.44. The Balaban J connectivity index is 0.00000193. The molecule has 3 saturated carbocycles. The molecule has 74 heavy (non-hydrogen) atoms. The smallest absolute Gasteiger partial charge is 0.408 e. The van der Waals surface area contributed by atoms with E-state index < -0.39 is 165 Å². The van der Waals surface area contributed by atoms with Crippen LogP contribution < -0.4 is 11.1 Å². The van der Waals surface area contributed by atoms with Gasteiger partial charge in [0.15, 0.2) is 18.0 Å². The minimum Gasteiger partial charge on any atom is -0.465 e. The average Bonchev–Trinajstić information content (AvgIpc) is 4.13. The lowest BCUT2D eigenvalue weighted by molar-refractivity contribution is -0.346. The Morgan fingerprint density at radius 1 is 0.959 bits per heavy atom. The highest BCUT2D eigenvalue weighted by Gasteiger charge is 2.78. The number of carbonyl (C=O) groups excluding carboxylic acids is 8. The third-order valence-corrected chi connectivity index (χ3v) is 14.1. The first kappa shape index (κ1) is 59.3. The summed E-state index contributed by atoms with van der Waals surface area (Å²) in [4.78, 5) is 108. The van der Waals surface area contributed by atoms with Crippen LogP contribution >= 0.6 is 0 Å². The number of hydrogen-bond donors (Lipinski definition) is 6. The van der Waals surface area contributed by atoms with Crippen molar-refractivity contribution in [2.45, 2.75) is 160 Å². The Labute approximate surface area is 428 Å². The average molecular weight is 1070 g/mol. The van der Waals surface area contributed by atoms with Gasteiger partial charge in [-0.15, -0.1) is 0 Å². The molecule has 24 nitrogen and oxygen atoms in total. The highest BCUT2D eigenvalue weighted by atomic mass is 32.2. The fourth-order valence-electron chi connectivity index (χ4n) is 10.5. The molecule has 0 radical (unpaired) electrons. The van der Waals surface area contributed by atoms with Gasteiger partial charge in [0.2, 0.25) is 6.10 Å². The second-order valence-corrected chi connectivity index (χ2v) is 22.4. The number of rotatable bonds is 15. The molecule has 1 amide bonds. The van der Waals surface area contributed by atoms with Crippen molar-refractivity contribution in [3.63, 3.8) is 0 Å². The molecule has 5 aliphatic rings. The predicted octanol–water partition coefficient (Wildman–Crippen LogP) is 1.18. The quantitative estimate of drug-likeness (QED) is 0.0621. The van der Waals surface area contributed by atoms with Crippen LogP contribution in [-0.4, -0.2) is 168 Å². The van der Waals surface area contributed by atoms with Gasteiger partial charge in [-0.1, -0.05) is 32.0 Å². The van der Waals surface area contributed by atoms with E-state index in [0.29, 0.717) is 19.1 Å².